The fourth-order valence-electron chi connectivity index (χ4n) is 9.46. The van der Waals surface area contributed by atoms with Crippen molar-refractivity contribution in [3.8, 4) is 50.3 Å². The second-order valence-electron chi connectivity index (χ2n) is 16.7. The number of halogens is 2. The monoisotopic (exact) mass is 874 g/mol. The van der Waals surface area contributed by atoms with E-state index in [-0.39, 0.29) is 10.3 Å². The van der Waals surface area contributed by atoms with Crippen molar-refractivity contribution in [3.63, 3.8) is 0 Å². The summed E-state index contributed by atoms with van der Waals surface area (Å²) in [7, 11) is 0. The number of benzene rings is 4. The van der Waals surface area contributed by atoms with Gasteiger partial charge in [0, 0.05) is 44.3 Å². The molecule has 0 saturated carbocycles. The molecule has 2 aliphatic rings. The Labute approximate surface area is 382 Å². The smallest absolute Gasteiger partial charge is 0.141 e. The molecule has 10 rings (SSSR count). The quantitative estimate of drug-likeness (QED) is 0.156. The van der Waals surface area contributed by atoms with Gasteiger partial charge in [0.2, 0.25) is 0 Å². The zero-order valence-electron chi connectivity index (χ0n) is 36.4. The van der Waals surface area contributed by atoms with Crippen molar-refractivity contribution >= 4 is 69.6 Å². The van der Waals surface area contributed by atoms with Gasteiger partial charge in [0.15, 0.2) is 0 Å². The van der Waals surface area contributed by atoms with Crippen LogP contribution < -0.4 is 4.74 Å². The molecule has 6 heterocycles. The van der Waals surface area contributed by atoms with E-state index < -0.39 is 0 Å². The molecule has 8 aromatic rings. The first-order valence-electron chi connectivity index (χ1n) is 21.3. The van der Waals surface area contributed by atoms with Crippen LogP contribution in [-0.2, 0) is 6.61 Å². The summed E-state index contributed by atoms with van der Waals surface area (Å²) < 4.78 is 6.25. The van der Waals surface area contributed by atoms with E-state index in [0.29, 0.717) is 29.1 Å². The molecule has 64 heavy (non-hydrogen) atoms. The molecule has 0 atom stereocenters. The number of aromatic amines is 2. The average molecular weight is 876 g/mol. The number of fused-ring (bicyclic) bond motifs is 8. The van der Waals surface area contributed by atoms with E-state index in [4.69, 9.17) is 37.9 Å². The lowest BCUT2D eigenvalue weighted by atomic mass is 9.92. The Morgan fingerprint density at radius 3 is 1.33 bits per heavy atom. The first kappa shape index (κ1) is 41.0. The van der Waals surface area contributed by atoms with E-state index >= 15 is 0 Å². The minimum Gasteiger partial charge on any atom is -0.489 e. The van der Waals surface area contributed by atoms with Crippen LogP contribution in [0.4, 0.5) is 0 Å². The molecule has 0 aliphatic carbocycles. The number of hydrogen-bond acceptors (Lipinski definition) is 5. The molecule has 0 amide bonds. The SMILES string of the molecule is Cc1cc(C)c(-c2c3nc(c(-c4c(Cl)ncnc4Cl)c4nc(c(-c5c(C)cc(C)cc5C)c5ccc([nH]5)c(-c5ccc(OCc6ccccc6)cc5)c5ccc2[nH]5)C=C4)C=C3)c(C)c1. The van der Waals surface area contributed by atoms with E-state index in [1.54, 1.807) is 0 Å². The maximum absolute atomic E-state index is 6.93. The Morgan fingerprint density at radius 1 is 0.453 bits per heavy atom. The maximum Gasteiger partial charge on any atom is 0.141 e. The Hall–Kier alpha value is -7.06. The van der Waals surface area contributed by atoms with Crippen molar-refractivity contribution < 1.29 is 4.74 Å². The first-order chi connectivity index (χ1) is 31.0. The summed E-state index contributed by atoms with van der Waals surface area (Å²) in [6, 6.07) is 36.1. The van der Waals surface area contributed by atoms with Gasteiger partial charge < -0.3 is 14.7 Å². The van der Waals surface area contributed by atoms with E-state index in [9.17, 15) is 0 Å². The number of H-pyrrole nitrogens is 2. The number of rotatable bonds is 7. The van der Waals surface area contributed by atoms with Crippen molar-refractivity contribution in [1.29, 1.82) is 0 Å². The van der Waals surface area contributed by atoms with Gasteiger partial charge in [-0.3, -0.25) is 0 Å². The molecule has 2 aliphatic heterocycles. The third kappa shape index (κ3) is 7.51. The number of aromatic nitrogens is 6. The van der Waals surface area contributed by atoms with Crippen molar-refractivity contribution in [3.05, 3.63) is 181 Å². The third-order valence-electron chi connectivity index (χ3n) is 12.0. The summed E-state index contributed by atoms with van der Waals surface area (Å²) in [5.74, 6) is 0.791. The highest BCUT2D eigenvalue weighted by Gasteiger charge is 2.24. The van der Waals surface area contributed by atoms with Crippen LogP contribution in [0.15, 0.2) is 109 Å². The van der Waals surface area contributed by atoms with Crippen LogP contribution >= 0.6 is 23.2 Å². The largest absolute Gasteiger partial charge is 0.489 e. The highest BCUT2D eigenvalue weighted by molar-refractivity contribution is 6.38. The standard InChI is InChI=1S/C55H44Cl2N6O/c1-30-24-32(3)47(33(4)25-30)50-41-18-16-39(60-41)49(37-12-14-38(15-13-37)64-28-36-10-8-7-9-11-36)40-17-19-42(61-40)51(48-34(5)26-31(2)27-35(48)6)44-21-23-46(63-44)52(45-22-20-43(50)62-45)53-54(56)58-29-59-55(53)57/h7-27,29,60-61H,28H2,1-6H3. The van der Waals surface area contributed by atoms with Gasteiger partial charge >= 0.3 is 0 Å². The summed E-state index contributed by atoms with van der Waals surface area (Å²) in [6.45, 7) is 13.4. The van der Waals surface area contributed by atoms with Gasteiger partial charge in [0.1, 0.15) is 29.0 Å². The van der Waals surface area contributed by atoms with Crippen LogP contribution in [0.25, 0.3) is 90.9 Å². The van der Waals surface area contributed by atoms with Gasteiger partial charge in [0.25, 0.3) is 0 Å². The molecule has 7 nitrogen and oxygen atoms in total. The molecule has 9 heteroatoms. The molecule has 0 spiro atoms. The number of aryl methyl sites for hydroxylation is 6. The van der Waals surface area contributed by atoms with Crippen molar-refractivity contribution in [2.45, 2.75) is 48.1 Å². The Morgan fingerprint density at radius 2 is 0.875 bits per heavy atom. The van der Waals surface area contributed by atoms with Gasteiger partial charge in [-0.05, 0) is 147 Å². The first-order valence-corrected chi connectivity index (χ1v) is 22.0. The van der Waals surface area contributed by atoms with Crippen LogP contribution in [0.1, 0.15) is 61.7 Å². The number of ether oxygens (including phenoxy) is 1. The van der Waals surface area contributed by atoms with Crippen molar-refractivity contribution in [2.75, 3.05) is 0 Å². The lowest BCUT2D eigenvalue weighted by molar-refractivity contribution is 0.306. The lowest BCUT2D eigenvalue weighted by Crippen LogP contribution is -1.96. The highest BCUT2D eigenvalue weighted by Crippen LogP contribution is 2.43. The molecule has 0 unspecified atom stereocenters. The predicted octanol–water partition coefficient (Wildman–Crippen LogP) is 14.8. The van der Waals surface area contributed by atoms with Gasteiger partial charge in [-0.2, -0.15) is 0 Å². The topological polar surface area (TPSA) is 92.4 Å². The zero-order chi connectivity index (χ0) is 44.2. The highest BCUT2D eigenvalue weighted by atomic mass is 35.5. The van der Waals surface area contributed by atoms with Crippen LogP contribution in [0, 0.1) is 41.5 Å². The number of hydrogen-bond donors (Lipinski definition) is 2. The maximum atomic E-state index is 6.93. The van der Waals surface area contributed by atoms with E-state index in [1.807, 2.05) is 42.5 Å². The van der Waals surface area contributed by atoms with Crippen LogP contribution in [0.5, 0.6) is 5.75 Å². The van der Waals surface area contributed by atoms with Crippen LogP contribution in [0.3, 0.4) is 0 Å². The summed E-state index contributed by atoms with van der Waals surface area (Å²) >= 11 is 13.9. The lowest BCUT2D eigenvalue weighted by Gasteiger charge is -2.13. The molecule has 0 radical (unpaired) electrons. The summed E-state index contributed by atoms with van der Waals surface area (Å²) in [5, 5.41) is 0.425. The van der Waals surface area contributed by atoms with E-state index in [2.05, 4.69) is 146 Å². The fraction of sp³-hybridized carbons (Fsp3) is 0.127. The van der Waals surface area contributed by atoms with Gasteiger partial charge in [-0.25, -0.2) is 19.9 Å². The molecule has 4 aromatic heterocycles. The molecular formula is C55H44Cl2N6O. The van der Waals surface area contributed by atoms with Crippen molar-refractivity contribution in [2.24, 2.45) is 0 Å². The summed E-state index contributed by atoms with van der Waals surface area (Å²) in [6.07, 6.45) is 9.50. The molecule has 2 N–H and O–H groups in total. The average Bonchev–Trinajstić information content (AvgIpc) is 4.11. The fourth-order valence-corrected chi connectivity index (χ4v) is 9.96. The number of nitrogens with zero attached hydrogens (tertiary/aromatic N) is 4. The molecule has 0 saturated heterocycles. The van der Waals surface area contributed by atoms with Gasteiger partial charge in [-0.15, -0.1) is 0 Å². The van der Waals surface area contributed by atoms with E-state index in [1.165, 1.54) is 17.5 Å². The van der Waals surface area contributed by atoms with Gasteiger partial charge in [-0.1, -0.05) is 101 Å². The number of nitrogens with one attached hydrogen (secondary N) is 2. The van der Waals surface area contributed by atoms with Crippen molar-refractivity contribution in [1.82, 2.24) is 29.9 Å². The Balaban J connectivity index is 1.33. The van der Waals surface area contributed by atoms with Crippen LogP contribution in [0.2, 0.25) is 10.3 Å². The van der Waals surface area contributed by atoms with Gasteiger partial charge in [0.05, 0.1) is 28.3 Å². The molecule has 4 aromatic carbocycles. The Kier molecular flexibility index (Phi) is 10.6. The van der Waals surface area contributed by atoms with Crippen LogP contribution in [-0.4, -0.2) is 29.9 Å². The second-order valence-corrected chi connectivity index (χ2v) is 17.4. The minimum absolute atomic E-state index is 0.212. The minimum atomic E-state index is 0.212. The molecule has 314 valence electrons. The third-order valence-corrected chi connectivity index (χ3v) is 12.6. The Bertz CT molecular complexity index is 3190. The zero-order valence-corrected chi connectivity index (χ0v) is 37.9. The molecule has 0 fully saturated rings. The predicted molar refractivity (Wildman–Crippen MR) is 265 cm³/mol. The molecular weight excluding hydrogens is 832 g/mol. The normalized spacial score (nSPS) is 12.0. The molecule has 8 bridgehead atoms. The second kappa shape index (κ2) is 16.6. The summed E-state index contributed by atoms with van der Waals surface area (Å²) in [4.78, 5) is 27.4. The van der Waals surface area contributed by atoms with E-state index in [0.717, 1.165) is 100 Å². The summed E-state index contributed by atoms with van der Waals surface area (Å²) in [5.41, 5.74) is 21.9.